The first-order valence-electron chi connectivity index (χ1n) is 6.38. The van der Waals surface area contributed by atoms with Gasteiger partial charge in [-0.1, -0.05) is 29.5 Å². The molecule has 3 N–H and O–H groups in total. The average Bonchev–Trinajstić information content (AvgIpc) is 2.41. The molecule has 20 heavy (non-hydrogen) atoms. The fourth-order valence-electron chi connectivity index (χ4n) is 1.98. The normalized spacial score (nSPS) is 10.3. The number of rotatable bonds is 3. The van der Waals surface area contributed by atoms with E-state index in [1.54, 1.807) is 30.9 Å². The van der Waals surface area contributed by atoms with Crippen LogP contribution in [0.15, 0.2) is 46.2 Å². The number of carbonyl (C=O) groups is 1. The van der Waals surface area contributed by atoms with Crippen molar-refractivity contribution in [1.82, 2.24) is 5.32 Å². The predicted molar refractivity (Wildman–Crippen MR) is 84.3 cm³/mol. The highest BCUT2D eigenvalue weighted by Gasteiger charge is 2.12. The van der Waals surface area contributed by atoms with Gasteiger partial charge in [0.15, 0.2) is 0 Å². The first kappa shape index (κ1) is 14.5. The van der Waals surface area contributed by atoms with E-state index in [1.807, 2.05) is 6.07 Å². The number of aryl methyl sites for hydroxylation is 2. The standard InChI is InChI=1S/C16H18N2OS/c1-10-4-7-14(11(2)8-10)20-15-9-12(17)5-6-13(15)16(19)18-3/h4-9H,17H2,1-3H3,(H,18,19). The zero-order chi connectivity index (χ0) is 14.7. The quantitative estimate of drug-likeness (QED) is 0.850. The molecule has 0 atom stereocenters. The summed E-state index contributed by atoms with van der Waals surface area (Å²) in [4.78, 5) is 13.9. The van der Waals surface area contributed by atoms with Crippen LogP contribution in [0.1, 0.15) is 21.5 Å². The molecule has 1 amide bonds. The number of benzene rings is 2. The molecule has 0 saturated heterocycles. The number of nitrogens with one attached hydrogen (secondary N) is 1. The molecule has 3 nitrogen and oxygen atoms in total. The van der Waals surface area contributed by atoms with Gasteiger partial charge in [-0.3, -0.25) is 4.79 Å². The maximum Gasteiger partial charge on any atom is 0.252 e. The number of carbonyl (C=O) groups excluding carboxylic acids is 1. The lowest BCUT2D eigenvalue weighted by atomic mass is 10.2. The Morgan fingerprint density at radius 2 is 1.85 bits per heavy atom. The second kappa shape index (κ2) is 6.01. The van der Waals surface area contributed by atoms with Crippen LogP contribution in [-0.4, -0.2) is 13.0 Å². The molecule has 4 heteroatoms. The monoisotopic (exact) mass is 286 g/mol. The molecule has 0 aromatic heterocycles. The largest absolute Gasteiger partial charge is 0.399 e. The zero-order valence-corrected chi connectivity index (χ0v) is 12.7. The molecule has 0 unspecified atom stereocenters. The lowest BCUT2D eigenvalue weighted by Crippen LogP contribution is -2.18. The number of nitrogen functional groups attached to an aromatic ring is 1. The lowest BCUT2D eigenvalue weighted by Gasteiger charge is -2.11. The summed E-state index contributed by atoms with van der Waals surface area (Å²) in [7, 11) is 1.63. The summed E-state index contributed by atoms with van der Waals surface area (Å²) in [6.45, 7) is 4.14. The van der Waals surface area contributed by atoms with Gasteiger partial charge in [0.2, 0.25) is 0 Å². The number of nitrogens with two attached hydrogens (primary N) is 1. The van der Waals surface area contributed by atoms with E-state index in [0.717, 1.165) is 9.79 Å². The lowest BCUT2D eigenvalue weighted by molar-refractivity contribution is 0.0960. The van der Waals surface area contributed by atoms with Crippen molar-refractivity contribution < 1.29 is 4.79 Å². The van der Waals surface area contributed by atoms with Crippen LogP contribution in [0.25, 0.3) is 0 Å². The van der Waals surface area contributed by atoms with Crippen molar-refractivity contribution in [2.45, 2.75) is 23.6 Å². The third-order valence-electron chi connectivity index (χ3n) is 3.03. The van der Waals surface area contributed by atoms with E-state index in [0.29, 0.717) is 11.3 Å². The van der Waals surface area contributed by atoms with Crippen LogP contribution in [0.4, 0.5) is 5.69 Å². The van der Waals surface area contributed by atoms with Gasteiger partial charge < -0.3 is 11.1 Å². The van der Waals surface area contributed by atoms with Crippen molar-refractivity contribution in [1.29, 1.82) is 0 Å². The minimum Gasteiger partial charge on any atom is -0.399 e. The zero-order valence-electron chi connectivity index (χ0n) is 11.9. The SMILES string of the molecule is CNC(=O)c1ccc(N)cc1Sc1ccc(C)cc1C. The van der Waals surface area contributed by atoms with Gasteiger partial charge in [0.25, 0.3) is 5.91 Å². The van der Waals surface area contributed by atoms with E-state index in [4.69, 9.17) is 5.73 Å². The highest BCUT2D eigenvalue weighted by atomic mass is 32.2. The molecule has 0 heterocycles. The van der Waals surface area contributed by atoms with E-state index in [1.165, 1.54) is 11.1 Å². The average molecular weight is 286 g/mol. The Labute approximate surface area is 123 Å². The third kappa shape index (κ3) is 3.14. The second-order valence-electron chi connectivity index (χ2n) is 4.71. The summed E-state index contributed by atoms with van der Waals surface area (Å²) in [5, 5.41) is 2.66. The molecule has 2 aromatic carbocycles. The Morgan fingerprint density at radius 1 is 1.10 bits per heavy atom. The smallest absolute Gasteiger partial charge is 0.252 e. The van der Waals surface area contributed by atoms with E-state index >= 15 is 0 Å². The Balaban J connectivity index is 2.41. The summed E-state index contributed by atoms with van der Waals surface area (Å²) in [5.41, 5.74) is 9.56. The third-order valence-corrected chi connectivity index (χ3v) is 4.26. The van der Waals surface area contributed by atoms with Gasteiger partial charge in [-0.25, -0.2) is 0 Å². The first-order valence-corrected chi connectivity index (χ1v) is 7.19. The van der Waals surface area contributed by atoms with Crippen LogP contribution in [0.2, 0.25) is 0 Å². The molecule has 0 aliphatic carbocycles. The highest BCUT2D eigenvalue weighted by molar-refractivity contribution is 7.99. The minimum absolute atomic E-state index is 0.0998. The van der Waals surface area contributed by atoms with E-state index < -0.39 is 0 Å². The Morgan fingerprint density at radius 3 is 2.50 bits per heavy atom. The van der Waals surface area contributed by atoms with Gasteiger partial charge >= 0.3 is 0 Å². The van der Waals surface area contributed by atoms with Crippen molar-refractivity contribution in [2.75, 3.05) is 12.8 Å². The molecular formula is C16H18N2OS. The Kier molecular flexibility index (Phi) is 4.35. The first-order chi connectivity index (χ1) is 9.51. The molecule has 2 aromatic rings. The van der Waals surface area contributed by atoms with Crippen LogP contribution < -0.4 is 11.1 Å². The van der Waals surface area contributed by atoms with Gasteiger partial charge in [-0.15, -0.1) is 0 Å². The molecule has 0 aliphatic heterocycles. The summed E-state index contributed by atoms with van der Waals surface area (Å²) < 4.78 is 0. The highest BCUT2D eigenvalue weighted by Crippen LogP contribution is 2.34. The van der Waals surface area contributed by atoms with Crippen LogP contribution >= 0.6 is 11.8 Å². The van der Waals surface area contributed by atoms with Gasteiger partial charge in [-0.05, 0) is 43.7 Å². The molecule has 104 valence electrons. The van der Waals surface area contributed by atoms with Gasteiger partial charge in [-0.2, -0.15) is 0 Å². The molecule has 0 bridgehead atoms. The van der Waals surface area contributed by atoms with E-state index in [9.17, 15) is 4.79 Å². The molecule has 0 saturated carbocycles. The van der Waals surface area contributed by atoms with Gasteiger partial charge in [0, 0.05) is 22.5 Å². The van der Waals surface area contributed by atoms with Crippen LogP contribution in [-0.2, 0) is 0 Å². The number of amides is 1. The molecule has 0 radical (unpaired) electrons. The van der Waals surface area contributed by atoms with Crippen LogP contribution in [0.5, 0.6) is 0 Å². The van der Waals surface area contributed by atoms with Gasteiger partial charge in [0.05, 0.1) is 5.56 Å². The van der Waals surface area contributed by atoms with Crippen molar-refractivity contribution in [3.05, 3.63) is 53.1 Å². The van der Waals surface area contributed by atoms with Gasteiger partial charge in [0.1, 0.15) is 0 Å². The summed E-state index contributed by atoms with van der Waals surface area (Å²) in [6, 6.07) is 11.6. The maximum atomic E-state index is 11.9. The van der Waals surface area contributed by atoms with Crippen molar-refractivity contribution in [2.24, 2.45) is 0 Å². The second-order valence-corrected chi connectivity index (χ2v) is 5.79. The van der Waals surface area contributed by atoms with Crippen molar-refractivity contribution in [3.8, 4) is 0 Å². The minimum atomic E-state index is -0.0998. The van der Waals surface area contributed by atoms with E-state index in [2.05, 4.69) is 37.4 Å². The molecule has 0 spiro atoms. The molecule has 0 aliphatic rings. The predicted octanol–water partition coefficient (Wildman–Crippen LogP) is 3.40. The number of hydrogen-bond donors (Lipinski definition) is 2. The van der Waals surface area contributed by atoms with Crippen molar-refractivity contribution in [3.63, 3.8) is 0 Å². The fourth-order valence-corrected chi connectivity index (χ4v) is 3.04. The molecule has 2 rings (SSSR count). The summed E-state index contributed by atoms with van der Waals surface area (Å²) >= 11 is 1.57. The van der Waals surface area contributed by atoms with Crippen LogP contribution in [0.3, 0.4) is 0 Å². The summed E-state index contributed by atoms with van der Waals surface area (Å²) in [6.07, 6.45) is 0. The number of anilines is 1. The Hall–Kier alpha value is -1.94. The fraction of sp³-hybridized carbons (Fsp3) is 0.188. The van der Waals surface area contributed by atoms with Crippen LogP contribution in [0, 0.1) is 13.8 Å². The maximum absolute atomic E-state index is 11.9. The molecule has 0 fully saturated rings. The van der Waals surface area contributed by atoms with E-state index in [-0.39, 0.29) is 5.91 Å². The van der Waals surface area contributed by atoms with Crippen molar-refractivity contribution >= 4 is 23.4 Å². The number of hydrogen-bond acceptors (Lipinski definition) is 3. The summed E-state index contributed by atoms with van der Waals surface area (Å²) in [5.74, 6) is -0.0998. The topological polar surface area (TPSA) is 55.1 Å². The Bertz CT molecular complexity index is 653. The molecular weight excluding hydrogens is 268 g/mol.